The van der Waals surface area contributed by atoms with Crippen molar-refractivity contribution in [2.45, 2.75) is 38.0 Å². The number of rotatable bonds is 8. The molecule has 1 N–H and O–H groups in total. The molecule has 1 aliphatic heterocycles. The van der Waals surface area contributed by atoms with Gasteiger partial charge in [0.15, 0.2) is 6.61 Å². The molecule has 1 aromatic rings. The number of sulfonamides is 1. The summed E-state index contributed by atoms with van der Waals surface area (Å²) < 4.78 is 31.7. The topological polar surface area (TPSA) is 75.7 Å². The molecule has 2 rings (SSSR count). The zero-order chi connectivity index (χ0) is 17.6. The number of hydrogen-bond acceptors (Lipinski definition) is 4. The van der Waals surface area contributed by atoms with E-state index in [1.165, 1.54) is 16.4 Å². The number of carbonyl (C=O) groups is 1. The molecule has 1 amide bonds. The van der Waals surface area contributed by atoms with Gasteiger partial charge in [-0.15, -0.1) is 0 Å². The quantitative estimate of drug-likeness (QED) is 0.775. The van der Waals surface area contributed by atoms with E-state index in [4.69, 9.17) is 4.74 Å². The van der Waals surface area contributed by atoms with Crippen molar-refractivity contribution in [3.63, 3.8) is 0 Å². The second-order valence-electron chi connectivity index (χ2n) is 6.40. The first kappa shape index (κ1) is 18.7. The maximum Gasteiger partial charge on any atom is 0.257 e. The van der Waals surface area contributed by atoms with Gasteiger partial charge in [-0.3, -0.25) is 4.79 Å². The van der Waals surface area contributed by atoms with Crippen LogP contribution in [0.5, 0.6) is 5.75 Å². The van der Waals surface area contributed by atoms with Crippen molar-refractivity contribution < 1.29 is 17.9 Å². The number of carbonyl (C=O) groups excluding carboxylic acids is 1. The Labute approximate surface area is 144 Å². The van der Waals surface area contributed by atoms with Gasteiger partial charge in [-0.2, -0.15) is 4.31 Å². The summed E-state index contributed by atoms with van der Waals surface area (Å²) in [5, 5.41) is 2.79. The Kier molecular flexibility index (Phi) is 6.62. The minimum Gasteiger partial charge on any atom is -0.484 e. The van der Waals surface area contributed by atoms with E-state index in [2.05, 4.69) is 19.2 Å². The van der Waals surface area contributed by atoms with Gasteiger partial charge in [0, 0.05) is 19.6 Å². The molecule has 1 heterocycles. The van der Waals surface area contributed by atoms with Crippen LogP contribution in [0.25, 0.3) is 0 Å². The number of nitrogens with one attached hydrogen (secondary N) is 1. The lowest BCUT2D eigenvalue weighted by Crippen LogP contribution is -2.30. The van der Waals surface area contributed by atoms with E-state index < -0.39 is 10.0 Å². The number of benzene rings is 1. The van der Waals surface area contributed by atoms with Gasteiger partial charge in [-0.25, -0.2) is 8.42 Å². The summed E-state index contributed by atoms with van der Waals surface area (Å²) >= 11 is 0. The van der Waals surface area contributed by atoms with Gasteiger partial charge in [0.2, 0.25) is 10.0 Å². The van der Waals surface area contributed by atoms with Crippen LogP contribution in [0.1, 0.15) is 33.1 Å². The smallest absolute Gasteiger partial charge is 0.257 e. The third-order valence-electron chi connectivity index (χ3n) is 3.94. The van der Waals surface area contributed by atoms with Crippen LogP contribution in [0.3, 0.4) is 0 Å². The van der Waals surface area contributed by atoms with Crippen LogP contribution in [0, 0.1) is 5.92 Å². The van der Waals surface area contributed by atoms with Crippen molar-refractivity contribution in [3.8, 4) is 5.75 Å². The van der Waals surface area contributed by atoms with Crippen molar-refractivity contribution in [2.24, 2.45) is 5.92 Å². The third-order valence-corrected chi connectivity index (χ3v) is 5.85. The van der Waals surface area contributed by atoms with Crippen molar-refractivity contribution in [3.05, 3.63) is 24.3 Å². The van der Waals surface area contributed by atoms with Crippen molar-refractivity contribution >= 4 is 15.9 Å². The molecule has 0 aromatic heterocycles. The molecule has 0 spiro atoms. The van der Waals surface area contributed by atoms with Gasteiger partial charge < -0.3 is 10.1 Å². The van der Waals surface area contributed by atoms with Crippen LogP contribution in [-0.2, 0) is 14.8 Å². The summed E-state index contributed by atoms with van der Waals surface area (Å²) in [5.41, 5.74) is 0. The summed E-state index contributed by atoms with van der Waals surface area (Å²) in [6.07, 6.45) is 2.74. The second kappa shape index (κ2) is 8.48. The van der Waals surface area contributed by atoms with Gasteiger partial charge in [0.25, 0.3) is 5.91 Å². The summed E-state index contributed by atoms with van der Waals surface area (Å²) in [6.45, 7) is 5.91. The zero-order valence-corrected chi connectivity index (χ0v) is 15.1. The van der Waals surface area contributed by atoms with E-state index in [-0.39, 0.29) is 17.4 Å². The summed E-state index contributed by atoms with van der Waals surface area (Å²) in [7, 11) is -3.41. The fourth-order valence-corrected chi connectivity index (χ4v) is 4.00. The minimum absolute atomic E-state index is 0.0731. The van der Waals surface area contributed by atoms with Gasteiger partial charge in [-0.1, -0.05) is 13.8 Å². The van der Waals surface area contributed by atoms with E-state index in [0.717, 1.165) is 19.3 Å². The number of nitrogens with zero attached hydrogens (tertiary/aromatic N) is 1. The number of hydrogen-bond donors (Lipinski definition) is 1. The van der Waals surface area contributed by atoms with Crippen LogP contribution in [0.4, 0.5) is 0 Å². The molecule has 0 saturated carbocycles. The molecule has 1 fully saturated rings. The Morgan fingerprint density at radius 3 is 2.42 bits per heavy atom. The molecule has 0 bridgehead atoms. The highest BCUT2D eigenvalue weighted by atomic mass is 32.2. The third kappa shape index (κ3) is 5.21. The minimum atomic E-state index is -3.41. The Morgan fingerprint density at radius 2 is 1.83 bits per heavy atom. The van der Waals surface area contributed by atoms with Gasteiger partial charge in [-0.05, 0) is 49.4 Å². The predicted molar refractivity (Wildman–Crippen MR) is 92.4 cm³/mol. The molecule has 0 radical (unpaired) electrons. The molecule has 24 heavy (non-hydrogen) atoms. The molecule has 1 saturated heterocycles. The molecular weight excluding hydrogens is 328 g/mol. The average molecular weight is 354 g/mol. The molecule has 1 aliphatic rings. The Hall–Kier alpha value is -1.60. The largest absolute Gasteiger partial charge is 0.484 e. The van der Waals surface area contributed by atoms with Gasteiger partial charge in [0.05, 0.1) is 4.90 Å². The molecule has 6 nitrogen and oxygen atoms in total. The monoisotopic (exact) mass is 354 g/mol. The predicted octanol–water partition coefficient (Wildman–Crippen LogP) is 2.01. The maximum absolute atomic E-state index is 12.4. The van der Waals surface area contributed by atoms with Gasteiger partial charge >= 0.3 is 0 Å². The van der Waals surface area contributed by atoms with Gasteiger partial charge in [0.1, 0.15) is 5.75 Å². The highest BCUT2D eigenvalue weighted by molar-refractivity contribution is 7.89. The van der Waals surface area contributed by atoms with Crippen molar-refractivity contribution in [1.82, 2.24) is 9.62 Å². The molecular formula is C17H26N2O4S. The Morgan fingerprint density at radius 1 is 1.21 bits per heavy atom. The summed E-state index contributed by atoms with van der Waals surface area (Å²) in [5.74, 6) is 0.843. The molecule has 0 unspecified atom stereocenters. The first-order valence-electron chi connectivity index (χ1n) is 8.39. The zero-order valence-electron chi connectivity index (χ0n) is 14.3. The van der Waals surface area contributed by atoms with Crippen molar-refractivity contribution in [2.75, 3.05) is 26.2 Å². The van der Waals surface area contributed by atoms with E-state index in [1.54, 1.807) is 12.1 Å². The van der Waals surface area contributed by atoms with Crippen LogP contribution in [-0.4, -0.2) is 44.9 Å². The molecule has 0 atom stereocenters. The summed E-state index contributed by atoms with van der Waals surface area (Å²) in [6, 6.07) is 6.23. The molecule has 0 aliphatic carbocycles. The van der Waals surface area contributed by atoms with Crippen LogP contribution in [0.15, 0.2) is 29.2 Å². The van der Waals surface area contributed by atoms with E-state index in [9.17, 15) is 13.2 Å². The Bertz CT molecular complexity index is 635. The van der Waals surface area contributed by atoms with E-state index in [1.807, 2.05) is 0 Å². The van der Waals surface area contributed by atoms with Crippen LogP contribution in [0.2, 0.25) is 0 Å². The van der Waals surface area contributed by atoms with Crippen LogP contribution < -0.4 is 10.1 Å². The maximum atomic E-state index is 12.4. The number of amides is 1. The highest BCUT2D eigenvalue weighted by Gasteiger charge is 2.26. The standard InChI is InChI=1S/C17H26N2O4S/c1-14(2)9-10-18-17(20)13-23-15-5-7-16(8-6-15)24(21,22)19-11-3-4-12-19/h5-8,14H,3-4,9-13H2,1-2H3,(H,18,20). The highest BCUT2D eigenvalue weighted by Crippen LogP contribution is 2.22. The van der Waals surface area contributed by atoms with E-state index in [0.29, 0.717) is 31.3 Å². The van der Waals surface area contributed by atoms with Crippen LogP contribution >= 0.6 is 0 Å². The fourth-order valence-electron chi connectivity index (χ4n) is 2.49. The normalized spacial score (nSPS) is 15.6. The summed E-state index contributed by atoms with van der Waals surface area (Å²) in [4.78, 5) is 11.9. The SMILES string of the molecule is CC(C)CCNC(=O)COc1ccc(S(=O)(=O)N2CCCC2)cc1. The lowest BCUT2D eigenvalue weighted by molar-refractivity contribution is -0.123. The Balaban J connectivity index is 1.85. The van der Waals surface area contributed by atoms with E-state index >= 15 is 0 Å². The van der Waals surface area contributed by atoms with Crippen molar-refractivity contribution in [1.29, 1.82) is 0 Å². The molecule has 134 valence electrons. The average Bonchev–Trinajstić information content (AvgIpc) is 3.08. The lowest BCUT2D eigenvalue weighted by Gasteiger charge is -2.15. The molecule has 7 heteroatoms. The fraction of sp³-hybridized carbons (Fsp3) is 0.588. The molecule has 1 aromatic carbocycles. The number of ether oxygens (including phenoxy) is 1. The first-order chi connectivity index (χ1) is 11.4. The first-order valence-corrected chi connectivity index (χ1v) is 9.83. The second-order valence-corrected chi connectivity index (χ2v) is 8.34. The lowest BCUT2D eigenvalue weighted by atomic mass is 10.1.